The molecule has 4 nitrogen and oxygen atoms in total. The molecule has 0 aromatic heterocycles. The van der Waals surface area contributed by atoms with E-state index in [2.05, 4.69) is 0 Å². The van der Waals surface area contributed by atoms with Crippen LogP contribution in [-0.4, -0.2) is 47.4 Å². The van der Waals surface area contributed by atoms with Crippen molar-refractivity contribution in [2.75, 3.05) is 39.0 Å². The van der Waals surface area contributed by atoms with E-state index in [1.54, 1.807) is 31.1 Å². The number of anilines is 1. The summed E-state index contributed by atoms with van der Waals surface area (Å²) in [5.41, 5.74) is 0.990. The molecule has 0 atom stereocenters. The summed E-state index contributed by atoms with van der Waals surface area (Å²) in [4.78, 5) is 3.95. The van der Waals surface area contributed by atoms with Crippen LogP contribution >= 0.6 is 0 Å². The first-order valence-electron chi connectivity index (χ1n) is 4.98. The zero-order chi connectivity index (χ0) is 12.3. The number of sulfone groups is 1. The predicted molar refractivity (Wildman–Crippen MR) is 66.5 cm³/mol. The molecule has 0 aliphatic rings. The average Bonchev–Trinajstić information content (AvgIpc) is 2.16. The molecular weight excluding hydrogens is 224 g/mol. The van der Waals surface area contributed by atoms with Crippen molar-refractivity contribution in [1.82, 2.24) is 4.90 Å². The molecule has 90 valence electrons. The molecule has 0 fully saturated rings. The van der Waals surface area contributed by atoms with E-state index in [4.69, 9.17) is 0 Å². The Bertz CT molecular complexity index is 436. The third kappa shape index (κ3) is 3.21. The van der Waals surface area contributed by atoms with Gasteiger partial charge in [0.15, 0.2) is 9.84 Å². The van der Waals surface area contributed by atoms with Crippen molar-refractivity contribution < 1.29 is 8.42 Å². The second-order valence-corrected chi connectivity index (χ2v) is 6.17. The lowest BCUT2D eigenvalue weighted by Gasteiger charge is -2.14. The Hall–Kier alpha value is -1.07. The van der Waals surface area contributed by atoms with E-state index < -0.39 is 9.84 Å². The van der Waals surface area contributed by atoms with Crippen LogP contribution in [0.5, 0.6) is 0 Å². The van der Waals surface area contributed by atoms with E-state index >= 15 is 0 Å². The van der Waals surface area contributed by atoms with Crippen LogP contribution in [0.3, 0.4) is 0 Å². The second kappa shape index (κ2) is 4.84. The quantitative estimate of drug-likeness (QED) is 0.791. The smallest absolute Gasteiger partial charge is 0.191 e. The Morgan fingerprint density at radius 3 is 1.88 bits per heavy atom. The number of hydrogen-bond acceptors (Lipinski definition) is 4. The minimum Gasteiger partial charge on any atom is -0.378 e. The highest BCUT2D eigenvalue weighted by molar-refractivity contribution is 7.91. The molecule has 0 aliphatic carbocycles. The summed E-state index contributed by atoms with van der Waals surface area (Å²) in [7, 11) is 4.13. The van der Waals surface area contributed by atoms with Gasteiger partial charge in [0.2, 0.25) is 0 Å². The fraction of sp³-hybridized carbons (Fsp3) is 0.455. The van der Waals surface area contributed by atoms with E-state index in [0.29, 0.717) is 4.90 Å². The molecule has 0 saturated carbocycles. The van der Waals surface area contributed by atoms with Gasteiger partial charge in [0.25, 0.3) is 0 Å². The predicted octanol–water partition coefficient (Wildman–Crippen LogP) is 1.05. The highest BCUT2D eigenvalue weighted by atomic mass is 32.2. The van der Waals surface area contributed by atoms with Gasteiger partial charge in [-0.2, -0.15) is 0 Å². The minimum absolute atomic E-state index is 0.0360. The molecule has 0 heterocycles. The molecular formula is C11H18N2O2S. The van der Waals surface area contributed by atoms with Crippen LogP contribution in [0, 0.1) is 0 Å². The summed E-state index contributed by atoms with van der Waals surface area (Å²) in [5, 5.41) is 0. The third-order valence-corrected chi connectivity index (χ3v) is 3.99. The van der Waals surface area contributed by atoms with E-state index in [0.717, 1.165) is 5.69 Å². The summed E-state index contributed by atoms with van der Waals surface area (Å²) in [6.45, 7) is 0. The van der Waals surface area contributed by atoms with Crippen LogP contribution in [0.15, 0.2) is 29.2 Å². The molecule has 0 bridgehead atoms. The van der Waals surface area contributed by atoms with Crippen LogP contribution < -0.4 is 4.90 Å². The molecule has 0 saturated heterocycles. The van der Waals surface area contributed by atoms with E-state index in [9.17, 15) is 8.42 Å². The topological polar surface area (TPSA) is 40.6 Å². The van der Waals surface area contributed by atoms with E-state index in [-0.39, 0.29) is 5.88 Å². The highest BCUT2D eigenvalue weighted by Gasteiger charge is 2.15. The first kappa shape index (κ1) is 13.0. The van der Waals surface area contributed by atoms with Crippen molar-refractivity contribution in [3.8, 4) is 0 Å². The molecule has 1 rings (SSSR count). The molecule has 0 spiro atoms. The maximum absolute atomic E-state index is 11.9. The summed E-state index contributed by atoms with van der Waals surface area (Å²) < 4.78 is 23.7. The van der Waals surface area contributed by atoms with Gasteiger partial charge in [-0.05, 0) is 38.4 Å². The van der Waals surface area contributed by atoms with Crippen molar-refractivity contribution in [2.45, 2.75) is 4.90 Å². The summed E-state index contributed by atoms with van der Waals surface area (Å²) in [5.74, 6) is 0.0360. The zero-order valence-electron chi connectivity index (χ0n) is 10.1. The molecule has 0 radical (unpaired) electrons. The maximum Gasteiger partial charge on any atom is 0.191 e. The number of rotatable bonds is 4. The molecule has 0 aliphatic heterocycles. The van der Waals surface area contributed by atoms with E-state index in [1.807, 2.05) is 31.1 Å². The molecule has 0 N–H and O–H groups in total. The van der Waals surface area contributed by atoms with Gasteiger partial charge in [0, 0.05) is 19.8 Å². The number of benzene rings is 1. The van der Waals surface area contributed by atoms with Gasteiger partial charge in [0.1, 0.15) is 5.88 Å². The lowest BCUT2D eigenvalue weighted by molar-refractivity contribution is 0.462. The zero-order valence-corrected chi connectivity index (χ0v) is 11.0. The number of hydrogen-bond donors (Lipinski definition) is 0. The third-order valence-electron chi connectivity index (χ3n) is 2.14. The first-order valence-corrected chi connectivity index (χ1v) is 6.63. The van der Waals surface area contributed by atoms with Gasteiger partial charge < -0.3 is 4.90 Å². The standard InChI is InChI=1S/C11H18N2O2S/c1-12(2)9-16(14,15)11-7-5-10(6-8-11)13(3)4/h5-8H,9H2,1-4H3. The molecule has 5 heteroatoms. The summed E-state index contributed by atoms with van der Waals surface area (Å²) >= 11 is 0. The molecule has 16 heavy (non-hydrogen) atoms. The fourth-order valence-electron chi connectivity index (χ4n) is 1.37. The van der Waals surface area contributed by atoms with Gasteiger partial charge in [-0.15, -0.1) is 0 Å². The number of nitrogens with zero attached hydrogens (tertiary/aromatic N) is 2. The van der Waals surface area contributed by atoms with Gasteiger partial charge in [-0.25, -0.2) is 8.42 Å². The largest absolute Gasteiger partial charge is 0.378 e. The van der Waals surface area contributed by atoms with E-state index in [1.165, 1.54) is 0 Å². The SMILES string of the molecule is CN(C)CS(=O)(=O)c1ccc(N(C)C)cc1. The van der Waals surface area contributed by atoms with Crippen LogP contribution in [-0.2, 0) is 9.84 Å². The Morgan fingerprint density at radius 1 is 1.00 bits per heavy atom. The minimum atomic E-state index is -3.19. The lowest BCUT2D eigenvalue weighted by Crippen LogP contribution is -2.22. The summed E-state index contributed by atoms with van der Waals surface area (Å²) in [6, 6.07) is 6.91. The molecule has 1 aromatic carbocycles. The fourth-order valence-corrected chi connectivity index (χ4v) is 2.75. The Morgan fingerprint density at radius 2 is 1.50 bits per heavy atom. The van der Waals surface area contributed by atoms with Gasteiger partial charge in [0.05, 0.1) is 4.90 Å². The Labute approximate surface area is 97.4 Å². The van der Waals surface area contributed by atoms with Crippen LogP contribution in [0.4, 0.5) is 5.69 Å². The average molecular weight is 242 g/mol. The Balaban J connectivity index is 2.98. The lowest BCUT2D eigenvalue weighted by atomic mass is 10.3. The normalized spacial score (nSPS) is 11.8. The maximum atomic E-state index is 11.9. The van der Waals surface area contributed by atoms with Crippen LogP contribution in [0.25, 0.3) is 0 Å². The van der Waals surface area contributed by atoms with Crippen molar-refractivity contribution >= 4 is 15.5 Å². The van der Waals surface area contributed by atoms with Crippen molar-refractivity contribution in [3.63, 3.8) is 0 Å². The molecule has 0 amide bonds. The van der Waals surface area contributed by atoms with Crippen molar-refractivity contribution in [3.05, 3.63) is 24.3 Å². The first-order chi connectivity index (χ1) is 7.33. The van der Waals surface area contributed by atoms with Gasteiger partial charge in [-0.1, -0.05) is 0 Å². The van der Waals surface area contributed by atoms with Crippen molar-refractivity contribution in [1.29, 1.82) is 0 Å². The molecule has 1 aromatic rings. The van der Waals surface area contributed by atoms with Crippen molar-refractivity contribution in [2.24, 2.45) is 0 Å². The summed E-state index contributed by atoms with van der Waals surface area (Å²) in [6.07, 6.45) is 0. The van der Waals surface area contributed by atoms with Gasteiger partial charge >= 0.3 is 0 Å². The molecule has 0 unspecified atom stereocenters. The van der Waals surface area contributed by atoms with Crippen LogP contribution in [0.2, 0.25) is 0 Å². The Kier molecular flexibility index (Phi) is 3.93. The highest BCUT2D eigenvalue weighted by Crippen LogP contribution is 2.17. The van der Waals surface area contributed by atoms with Gasteiger partial charge in [-0.3, -0.25) is 4.90 Å². The monoisotopic (exact) mass is 242 g/mol. The second-order valence-electron chi connectivity index (χ2n) is 4.21. The van der Waals surface area contributed by atoms with Crippen LogP contribution in [0.1, 0.15) is 0 Å².